The molecular weight excluding hydrogens is 288 g/mol. The number of aromatic amines is 2. The number of H-pyrrole nitrogens is 2. The van der Waals surface area contributed by atoms with Gasteiger partial charge in [0.25, 0.3) is 5.56 Å². The first-order valence-corrected chi connectivity index (χ1v) is 7.74. The standard InChI is InChI=1S/C14H14N4O2S/c1-3-18-12-10(13(19)17-14(18)20)15-11(16-12)8-6-4-5-7-9(8)21-2/h4-7H,3H2,1-2H3,(H,15,16)(H,17,19,20). The molecule has 0 spiro atoms. The first-order chi connectivity index (χ1) is 10.2. The maximum absolute atomic E-state index is 11.9. The Morgan fingerprint density at radius 1 is 1.24 bits per heavy atom. The van der Waals surface area contributed by atoms with Gasteiger partial charge in [0.05, 0.1) is 0 Å². The van der Waals surface area contributed by atoms with Gasteiger partial charge in [-0.3, -0.25) is 14.3 Å². The largest absolute Gasteiger partial charge is 0.332 e. The van der Waals surface area contributed by atoms with E-state index in [-0.39, 0.29) is 0 Å². The first-order valence-electron chi connectivity index (χ1n) is 6.52. The number of thioether (sulfide) groups is 1. The lowest BCUT2D eigenvalue weighted by Gasteiger charge is -2.03. The van der Waals surface area contributed by atoms with Crippen LogP contribution in [0.3, 0.4) is 0 Å². The molecule has 0 amide bonds. The molecule has 0 radical (unpaired) electrons. The second-order valence-corrected chi connectivity index (χ2v) is 5.34. The van der Waals surface area contributed by atoms with Crippen molar-refractivity contribution in [2.45, 2.75) is 18.4 Å². The monoisotopic (exact) mass is 302 g/mol. The summed E-state index contributed by atoms with van der Waals surface area (Å²) >= 11 is 1.60. The van der Waals surface area contributed by atoms with Gasteiger partial charge in [-0.1, -0.05) is 18.2 Å². The molecule has 0 atom stereocenters. The predicted molar refractivity (Wildman–Crippen MR) is 83.9 cm³/mol. The van der Waals surface area contributed by atoms with E-state index in [0.717, 1.165) is 10.5 Å². The maximum atomic E-state index is 11.9. The van der Waals surface area contributed by atoms with Crippen LogP contribution in [0.15, 0.2) is 38.8 Å². The van der Waals surface area contributed by atoms with E-state index in [0.29, 0.717) is 23.5 Å². The van der Waals surface area contributed by atoms with Gasteiger partial charge in [-0.05, 0) is 19.2 Å². The summed E-state index contributed by atoms with van der Waals surface area (Å²) in [6.07, 6.45) is 1.98. The van der Waals surface area contributed by atoms with Gasteiger partial charge >= 0.3 is 5.69 Å². The van der Waals surface area contributed by atoms with Crippen LogP contribution in [0.1, 0.15) is 6.92 Å². The zero-order chi connectivity index (χ0) is 15.0. The van der Waals surface area contributed by atoms with Gasteiger partial charge < -0.3 is 4.98 Å². The molecule has 21 heavy (non-hydrogen) atoms. The van der Waals surface area contributed by atoms with E-state index in [1.807, 2.05) is 37.4 Å². The Labute approximate surface area is 124 Å². The van der Waals surface area contributed by atoms with E-state index in [1.54, 1.807) is 11.8 Å². The predicted octanol–water partition coefficient (Wildman–Crippen LogP) is 1.82. The lowest BCUT2D eigenvalue weighted by molar-refractivity contribution is 0.720. The summed E-state index contributed by atoms with van der Waals surface area (Å²) in [6, 6.07) is 7.79. The van der Waals surface area contributed by atoms with Crippen molar-refractivity contribution in [3.8, 4) is 11.4 Å². The fourth-order valence-electron chi connectivity index (χ4n) is 2.30. The Morgan fingerprint density at radius 2 is 2.00 bits per heavy atom. The number of hydrogen-bond donors (Lipinski definition) is 2. The second-order valence-electron chi connectivity index (χ2n) is 4.49. The summed E-state index contributed by atoms with van der Waals surface area (Å²) in [7, 11) is 0. The molecule has 0 fully saturated rings. The molecule has 2 aromatic heterocycles. The third-order valence-corrected chi connectivity index (χ3v) is 4.11. The van der Waals surface area contributed by atoms with Crippen LogP contribution < -0.4 is 11.2 Å². The minimum Gasteiger partial charge on any atom is -0.332 e. The number of aryl methyl sites for hydroxylation is 1. The number of nitrogens with one attached hydrogen (secondary N) is 2. The van der Waals surface area contributed by atoms with Crippen molar-refractivity contribution < 1.29 is 0 Å². The topological polar surface area (TPSA) is 83.5 Å². The Kier molecular flexibility index (Phi) is 3.42. The highest BCUT2D eigenvalue weighted by Gasteiger charge is 2.14. The second kappa shape index (κ2) is 5.25. The average Bonchev–Trinajstić information content (AvgIpc) is 2.93. The number of nitrogens with zero attached hydrogens (tertiary/aromatic N) is 2. The fraction of sp³-hybridized carbons (Fsp3) is 0.214. The van der Waals surface area contributed by atoms with Crippen LogP contribution in [0.5, 0.6) is 0 Å². The molecule has 0 aliphatic carbocycles. The maximum Gasteiger partial charge on any atom is 0.330 e. The Balaban J connectivity index is 2.34. The Hall–Kier alpha value is -2.28. The van der Waals surface area contributed by atoms with Crippen LogP contribution in [-0.4, -0.2) is 25.8 Å². The van der Waals surface area contributed by atoms with Gasteiger partial charge in [0.15, 0.2) is 5.65 Å². The minimum atomic E-state index is -0.444. The average molecular weight is 302 g/mol. The van der Waals surface area contributed by atoms with Gasteiger partial charge in [-0.2, -0.15) is 0 Å². The number of rotatable bonds is 3. The van der Waals surface area contributed by atoms with E-state index >= 15 is 0 Å². The third-order valence-electron chi connectivity index (χ3n) is 3.31. The SMILES string of the molecule is CCn1c(=O)[nH]c(=O)c2[nH]c(-c3ccccc3SC)nc21. The van der Waals surface area contributed by atoms with Crippen LogP contribution in [0.2, 0.25) is 0 Å². The number of aromatic nitrogens is 4. The van der Waals surface area contributed by atoms with Crippen molar-refractivity contribution >= 4 is 22.9 Å². The molecule has 3 aromatic rings. The highest BCUT2D eigenvalue weighted by atomic mass is 32.2. The third kappa shape index (κ3) is 2.19. The van der Waals surface area contributed by atoms with Crippen LogP contribution >= 0.6 is 11.8 Å². The highest BCUT2D eigenvalue weighted by molar-refractivity contribution is 7.98. The van der Waals surface area contributed by atoms with Crippen molar-refractivity contribution in [3.05, 3.63) is 45.1 Å². The molecule has 2 heterocycles. The summed E-state index contributed by atoms with van der Waals surface area (Å²) in [5, 5.41) is 0. The molecule has 0 aliphatic heterocycles. The molecule has 6 nitrogen and oxygen atoms in total. The van der Waals surface area contributed by atoms with Gasteiger partial charge in [-0.15, -0.1) is 11.8 Å². The normalized spacial score (nSPS) is 11.1. The number of hydrogen-bond acceptors (Lipinski definition) is 4. The lowest BCUT2D eigenvalue weighted by Crippen LogP contribution is -2.29. The molecule has 3 rings (SSSR count). The van der Waals surface area contributed by atoms with Crippen LogP contribution in [0, 0.1) is 0 Å². The summed E-state index contributed by atoms with van der Waals surface area (Å²) in [4.78, 5) is 34.6. The lowest BCUT2D eigenvalue weighted by atomic mass is 10.2. The van der Waals surface area contributed by atoms with Crippen LogP contribution in [0.25, 0.3) is 22.6 Å². The Bertz CT molecular complexity index is 923. The van der Waals surface area contributed by atoms with Gasteiger partial charge in [0.2, 0.25) is 0 Å². The highest BCUT2D eigenvalue weighted by Crippen LogP contribution is 2.28. The molecule has 0 saturated heterocycles. The molecule has 1 aromatic carbocycles. The number of benzene rings is 1. The quantitative estimate of drug-likeness (QED) is 0.723. The molecule has 2 N–H and O–H groups in total. The molecule has 7 heteroatoms. The van der Waals surface area contributed by atoms with Gasteiger partial charge in [0.1, 0.15) is 11.3 Å². The summed E-state index contributed by atoms with van der Waals surface area (Å²) in [5.41, 5.74) is 0.737. The van der Waals surface area contributed by atoms with E-state index in [1.165, 1.54) is 4.57 Å². The van der Waals surface area contributed by atoms with E-state index in [2.05, 4.69) is 15.0 Å². The molecule has 0 aliphatic rings. The van der Waals surface area contributed by atoms with Crippen LogP contribution in [-0.2, 0) is 6.54 Å². The van der Waals surface area contributed by atoms with Crippen molar-refractivity contribution in [3.63, 3.8) is 0 Å². The van der Waals surface area contributed by atoms with E-state index < -0.39 is 11.2 Å². The zero-order valence-corrected chi connectivity index (χ0v) is 12.5. The zero-order valence-electron chi connectivity index (χ0n) is 11.6. The van der Waals surface area contributed by atoms with Gasteiger partial charge in [-0.25, -0.2) is 9.78 Å². The minimum absolute atomic E-state index is 0.322. The first kappa shape index (κ1) is 13.7. The van der Waals surface area contributed by atoms with Crippen molar-refractivity contribution in [2.24, 2.45) is 0 Å². The number of fused-ring (bicyclic) bond motifs is 1. The summed E-state index contributed by atoms with van der Waals surface area (Å²) in [5.74, 6) is 0.591. The molecule has 108 valence electrons. The number of imidazole rings is 1. The summed E-state index contributed by atoms with van der Waals surface area (Å²) in [6.45, 7) is 2.28. The van der Waals surface area contributed by atoms with Crippen molar-refractivity contribution in [2.75, 3.05) is 6.26 Å². The molecule has 0 saturated carbocycles. The smallest absolute Gasteiger partial charge is 0.330 e. The van der Waals surface area contributed by atoms with Crippen molar-refractivity contribution in [1.29, 1.82) is 0 Å². The van der Waals surface area contributed by atoms with Crippen molar-refractivity contribution in [1.82, 2.24) is 19.5 Å². The summed E-state index contributed by atoms with van der Waals surface area (Å²) < 4.78 is 1.44. The molecule has 0 unspecified atom stereocenters. The van der Waals surface area contributed by atoms with E-state index in [4.69, 9.17) is 0 Å². The fourth-order valence-corrected chi connectivity index (χ4v) is 2.90. The van der Waals surface area contributed by atoms with Crippen LogP contribution in [0.4, 0.5) is 0 Å². The van der Waals surface area contributed by atoms with E-state index in [9.17, 15) is 9.59 Å². The molecular formula is C14H14N4O2S. The molecule has 0 bridgehead atoms. The Morgan fingerprint density at radius 3 is 2.71 bits per heavy atom. The van der Waals surface area contributed by atoms with Gasteiger partial charge in [0, 0.05) is 17.0 Å².